The molecule has 0 aliphatic rings. The van der Waals surface area contributed by atoms with Crippen LogP contribution in [0.4, 0.5) is 0 Å². The average Bonchev–Trinajstić information content (AvgIpc) is 2.69. The summed E-state index contributed by atoms with van der Waals surface area (Å²) in [4.78, 5) is 9.79. The van der Waals surface area contributed by atoms with Crippen LogP contribution in [0.3, 0.4) is 0 Å². The first-order valence-electron chi connectivity index (χ1n) is 10.8. The first-order chi connectivity index (χ1) is 13.1. The predicted molar refractivity (Wildman–Crippen MR) is 114 cm³/mol. The van der Waals surface area contributed by atoms with Crippen molar-refractivity contribution in [3.63, 3.8) is 0 Å². The predicted octanol–water partition coefficient (Wildman–Crippen LogP) is 5.93. The number of nitrogens with zero attached hydrogens (tertiary/aromatic N) is 1. The van der Waals surface area contributed by atoms with Crippen molar-refractivity contribution in [2.45, 2.75) is 79.1 Å². The van der Waals surface area contributed by atoms with Crippen molar-refractivity contribution in [2.75, 3.05) is 26.2 Å². The Hall–Kier alpha value is -1.55. The minimum absolute atomic E-state index is 0.0328. The summed E-state index contributed by atoms with van der Waals surface area (Å²) in [5.41, 5.74) is 0. The molecule has 0 spiro atoms. The third kappa shape index (κ3) is 11.7. The van der Waals surface area contributed by atoms with E-state index in [1.54, 1.807) is 12.1 Å². The SMILES string of the molecule is CCCC[N+](CCCC)(CCCC)CCCC.O=COc1ccccc1O. The van der Waals surface area contributed by atoms with E-state index in [1.165, 1.54) is 94.2 Å². The zero-order valence-electron chi connectivity index (χ0n) is 18.1. The van der Waals surface area contributed by atoms with Crippen LogP contribution >= 0.6 is 0 Å². The Morgan fingerprint density at radius 1 is 0.815 bits per heavy atom. The molecule has 0 saturated carbocycles. The van der Waals surface area contributed by atoms with Crippen LogP contribution in [0.5, 0.6) is 11.5 Å². The van der Waals surface area contributed by atoms with Gasteiger partial charge in [-0.05, 0) is 37.8 Å². The number of hydrogen-bond acceptors (Lipinski definition) is 3. The number of para-hydroxylation sites is 2. The molecule has 1 rings (SSSR count). The summed E-state index contributed by atoms with van der Waals surface area (Å²) in [6, 6.07) is 6.26. The van der Waals surface area contributed by atoms with Gasteiger partial charge >= 0.3 is 0 Å². The molecular formula is C23H42NO3+. The van der Waals surface area contributed by atoms with Crippen LogP contribution in [0.15, 0.2) is 24.3 Å². The van der Waals surface area contributed by atoms with Gasteiger partial charge in [-0.3, -0.25) is 4.79 Å². The smallest absolute Gasteiger partial charge is 0.298 e. The average molecular weight is 381 g/mol. The van der Waals surface area contributed by atoms with E-state index in [4.69, 9.17) is 5.11 Å². The van der Waals surface area contributed by atoms with Crippen LogP contribution in [0.1, 0.15) is 79.1 Å². The number of carbonyl (C=O) groups is 1. The van der Waals surface area contributed by atoms with Gasteiger partial charge in [-0.15, -0.1) is 0 Å². The van der Waals surface area contributed by atoms with Crippen LogP contribution in [0.25, 0.3) is 0 Å². The van der Waals surface area contributed by atoms with Crippen molar-refractivity contribution in [1.82, 2.24) is 0 Å². The second-order valence-corrected chi connectivity index (χ2v) is 7.33. The fraction of sp³-hybridized carbons (Fsp3) is 0.696. The molecule has 1 aromatic carbocycles. The lowest BCUT2D eigenvalue weighted by Crippen LogP contribution is -2.50. The van der Waals surface area contributed by atoms with Crippen LogP contribution in [0, 0.1) is 0 Å². The van der Waals surface area contributed by atoms with Crippen LogP contribution < -0.4 is 4.74 Å². The van der Waals surface area contributed by atoms with Crippen molar-refractivity contribution in [1.29, 1.82) is 0 Å². The molecule has 0 aliphatic heterocycles. The van der Waals surface area contributed by atoms with Crippen LogP contribution in [0.2, 0.25) is 0 Å². The zero-order valence-corrected chi connectivity index (χ0v) is 18.1. The monoisotopic (exact) mass is 380 g/mol. The number of phenolic OH excluding ortho intramolecular Hbond substituents is 1. The number of aromatic hydroxyl groups is 1. The molecule has 156 valence electrons. The Kier molecular flexibility index (Phi) is 15.7. The zero-order chi connectivity index (χ0) is 20.4. The molecule has 0 radical (unpaired) electrons. The summed E-state index contributed by atoms with van der Waals surface area (Å²) >= 11 is 0. The highest BCUT2D eigenvalue weighted by Gasteiger charge is 2.24. The van der Waals surface area contributed by atoms with Gasteiger partial charge in [0, 0.05) is 0 Å². The topological polar surface area (TPSA) is 46.5 Å². The Labute approximate surface area is 167 Å². The van der Waals surface area contributed by atoms with Crippen molar-refractivity contribution in [2.24, 2.45) is 0 Å². The second kappa shape index (κ2) is 16.6. The van der Waals surface area contributed by atoms with Gasteiger partial charge in [0.15, 0.2) is 11.5 Å². The number of quaternary nitrogens is 1. The minimum atomic E-state index is -0.0328. The van der Waals surface area contributed by atoms with Gasteiger partial charge in [0.1, 0.15) is 0 Å². The van der Waals surface area contributed by atoms with Crippen LogP contribution in [-0.4, -0.2) is 42.2 Å². The Morgan fingerprint density at radius 3 is 1.56 bits per heavy atom. The Morgan fingerprint density at radius 2 is 1.22 bits per heavy atom. The molecule has 0 atom stereocenters. The molecule has 4 heteroatoms. The van der Waals surface area contributed by atoms with Gasteiger partial charge in [0.25, 0.3) is 6.47 Å². The van der Waals surface area contributed by atoms with E-state index in [2.05, 4.69) is 32.4 Å². The molecule has 1 N–H and O–H groups in total. The largest absolute Gasteiger partial charge is 0.504 e. The van der Waals surface area contributed by atoms with Crippen molar-refractivity contribution >= 4 is 6.47 Å². The highest BCUT2D eigenvalue weighted by molar-refractivity contribution is 5.49. The number of phenols is 1. The minimum Gasteiger partial charge on any atom is -0.504 e. The summed E-state index contributed by atoms with van der Waals surface area (Å²) in [7, 11) is 0. The summed E-state index contributed by atoms with van der Waals surface area (Å²) in [6.45, 7) is 15.3. The number of carbonyl (C=O) groups excluding carboxylic acids is 1. The normalized spacial score (nSPS) is 10.8. The molecule has 0 aromatic heterocycles. The Bertz CT molecular complexity index is 439. The molecule has 0 bridgehead atoms. The summed E-state index contributed by atoms with van der Waals surface area (Å²) in [5.74, 6) is 0.145. The standard InChI is InChI=1S/C16H36N.C7H6O3/c1-5-9-13-17(14-10-6-2,15-11-7-3)16-12-8-4;8-5-10-7-4-2-1-3-6(7)9/h5-16H2,1-4H3;1-5,9H/q+1;. The molecule has 0 aliphatic carbocycles. The lowest BCUT2D eigenvalue weighted by atomic mass is 10.1. The fourth-order valence-corrected chi connectivity index (χ4v) is 3.25. The summed E-state index contributed by atoms with van der Waals surface area (Å²) in [6.07, 6.45) is 11.1. The molecule has 27 heavy (non-hydrogen) atoms. The number of ether oxygens (including phenoxy) is 1. The second-order valence-electron chi connectivity index (χ2n) is 7.33. The molecule has 0 saturated heterocycles. The van der Waals surface area contributed by atoms with Crippen molar-refractivity contribution in [3.8, 4) is 11.5 Å². The van der Waals surface area contributed by atoms with Gasteiger partial charge in [-0.25, -0.2) is 0 Å². The molecule has 0 unspecified atom stereocenters. The van der Waals surface area contributed by atoms with Crippen molar-refractivity contribution in [3.05, 3.63) is 24.3 Å². The lowest BCUT2D eigenvalue weighted by Gasteiger charge is -2.39. The first kappa shape index (κ1) is 25.4. The van der Waals surface area contributed by atoms with Gasteiger partial charge in [0.05, 0.1) is 26.2 Å². The summed E-state index contributed by atoms with van der Waals surface area (Å²) in [5, 5.41) is 8.96. The number of benzene rings is 1. The fourth-order valence-electron chi connectivity index (χ4n) is 3.25. The highest BCUT2D eigenvalue weighted by atomic mass is 16.5. The maximum absolute atomic E-state index is 9.79. The van der Waals surface area contributed by atoms with E-state index in [0.29, 0.717) is 0 Å². The maximum atomic E-state index is 9.79. The number of rotatable bonds is 14. The van der Waals surface area contributed by atoms with Gasteiger partial charge in [-0.2, -0.15) is 0 Å². The third-order valence-corrected chi connectivity index (χ3v) is 4.98. The molecule has 4 nitrogen and oxygen atoms in total. The molecule has 1 aromatic rings. The highest BCUT2D eigenvalue weighted by Crippen LogP contribution is 2.23. The Balaban J connectivity index is 0.000000569. The van der Waals surface area contributed by atoms with Crippen molar-refractivity contribution < 1.29 is 19.1 Å². The van der Waals surface area contributed by atoms with E-state index in [-0.39, 0.29) is 18.0 Å². The van der Waals surface area contributed by atoms with E-state index in [0.717, 1.165) is 0 Å². The first-order valence-corrected chi connectivity index (χ1v) is 10.8. The summed E-state index contributed by atoms with van der Waals surface area (Å²) < 4.78 is 5.83. The number of unbranched alkanes of at least 4 members (excludes halogenated alkanes) is 4. The van der Waals surface area contributed by atoms with E-state index >= 15 is 0 Å². The van der Waals surface area contributed by atoms with E-state index in [9.17, 15) is 4.79 Å². The van der Waals surface area contributed by atoms with Gasteiger partial charge in [-0.1, -0.05) is 65.5 Å². The lowest BCUT2D eigenvalue weighted by molar-refractivity contribution is -0.929. The van der Waals surface area contributed by atoms with Gasteiger partial charge < -0.3 is 14.3 Å². The molecule has 0 amide bonds. The van der Waals surface area contributed by atoms with E-state index in [1.807, 2.05) is 0 Å². The maximum Gasteiger partial charge on any atom is 0.298 e. The molecule has 0 fully saturated rings. The van der Waals surface area contributed by atoms with E-state index < -0.39 is 0 Å². The third-order valence-electron chi connectivity index (χ3n) is 4.98. The quantitative estimate of drug-likeness (QED) is 0.321. The molecular weight excluding hydrogens is 338 g/mol. The van der Waals surface area contributed by atoms with Gasteiger partial charge in [0.2, 0.25) is 0 Å². The molecule has 0 heterocycles. The number of hydrogen-bond donors (Lipinski definition) is 1. The van der Waals surface area contributed by atoms with Crippen LogP contribution in [-0.2, 0) is 4.79 Å².